The molecule has 190 valence electrons. The zero-order chi connectivity index (χ0) is 25.3. The van der Waals surface area contributed by atoms with Crippen LogP contribution in [0.4, 0.5) is 0 Å². The van der Waals surface area contributed by atoms with Crippen molar-refractivity contribution in [1.82, 2.24) is 9.80 Å². The van der Waals surface area contributed by atoms with Crippen molar-refractivity contribution in [1.29, 1.82) is 0 Å². The zero-order valence-corrected chi connectivity index (χ0v) is 20.8. The van der Waals surface area contributed by atoms with Crippen LogP contribution in [0.25, 0.3) is 6.08 Å². The summed E-state index contributed by atoms with van der Waals surface area (Å²) in [6.07, 6.45) is 5.08. The van der Waals surface area contributed by atoms with Crippen LogP contribution in [0.5, 0.6) is 5.75 Å². The third kappa shape index (κ3) is 6.22. The topological polar surface area (TPSA) is 79.3 Å². The third-order valence-electron chi connectivity index (χ3n) is 6.50. The molecule has 2 aliphatic heterocycles. The Morgan fingerprint density at radius 3 is 2.64 bits per heavy atom. The fraction of sp³-hybridized carbons (Fsp3) is 0.379. The standard InChI is InChI=1S/C29H34N2O5/c1-2-3-18-36-24-11-7-10-23(21-24)27-26(25(32)13-12-22-8-5-4-6-9-22)28(33)29(34)31(27)15-14-30-16-19-35-20-17-30/h4-13,21,27,33H,2-3,14-20H2,1H3. The number of hydrogen-bond acceptors (Lipinski definition) is 6. The number of allylic oxidation sites excluding steroid dienone is 1. The van der Waals surface area contributed by atoms with E-state index in [0.29, 0.717) is 38.7 Å². The number of ether oxygens (including phenoxy) is 2. The minimum atomic E-state index is -0.693. The summed E-state index contributed by atoms with van der Waals surface area (Å²) in [5.74, 6) is -0.718. The molecule has 4 rings (SSSR count). The number of hydrogen-bond donors (Lipinski definition) is 1. The van der Waals surface area contributed by atoms with Gasteiger partial charge in [0.05, 0.1) is 31.4 Å². The molecular formula is C29H34N2O5. The Hall–Kier alpha value is -3.42. The van der Waals surface area contributed by atoms with E-state index in [2.05, 4.69) is 11.8 Å². The van der Waals surface area contributed by atoms with Gasteiger partial charge in [0.1, 0.15) is 5.75 Å². The monoisotopic (exact) mass is 490 g/mol. The Balaban J connectivity index is 1.62. The highest BCUT2D eigenvalue weighted by atomic mass is 16.5. The second-order valence-electron chi connectivity index (χ2n) is 9.00. The molecule has 2 aromatic carbocycles. The number of unbranched alkanes of at least 4 members (excludes halogenated alkanes) is 1. The molecule has 0 aromatic heterocycles. The van der Waals surface area contributed by atoms with Gasteiger partial charge in [0.2, 0.25) is 0 Å². The Morgan fingerprint density at radius 2 is 1.89 bits per heavy atom. The highest BCUT2D eigenvalue weighted by Gasteiger charge is 2.43. The molecule has 1 fully saturated rings. The number of morpholine rings is 1. The fourth-order valence-corrected chi connectivity index (χ4v) is 4.49. The number of rotatable bonds is 11. The molecule has 36 heavy (non-hydrogen) atoms. The molecule has 0 saturated carbocycles. The van der Waals surface area contributed by atoms with Crippen LogP contribution in [0.15, 0.2) is 72.0 Å². The summed E-state index contributed by atoms with van der Waals surface area (Å²) in [5, 5.41) is 10.9. The first-order valence-corrected chi connectivity index (χ1v) is 12.6. The second kappa shape index (κ2) is 12.5. The SMILES string of the molecule is CCCCOc1cccc(C2C(C(=O)C=Cc3ccccc3)=C(O)C(=O)N2CCN2CCOCC2)c1. The lowest BCUT2D eigenvalue weighted by atomic mass is 9.95. The summed E-state index contributed by atoms with van der Waals surface area (Å²) >= 11 is 0. The van der Waals surface area contributed by atoms with E-state index < -0.39 is 17.7 Å². The fourth-order valence-electron chi connectivity index (χ4n) is 4.49. The van der Waals surface area contributed by atoms with Crippen molar-refractivity contribution in [2.75, 3.05) is 46.0 Å². The Morgan fingerprint density at radius 1 is 1.11 bits per heavy atom. The van der Waals surface area contributed by atoms with E-state index in [-0.39, 0.29) is 11.4 Å². The van der Waals surface area contributed by atoms with Gasteiger partial charge >= 0.3 is 0 Å². The summed E-state index contributed by atoms with van der Waals surface area (Å²) in [6, 6.07) is 16.2. The van der Waals surface area contributed by atoms with E-state index in [1.165, 1.54) is 6.08 Å². The minimum Gasteiger partial charge on any atom is -0.503 e. The van der Waals surface area contributed by atoms with E-state index >= 15 is 0 Å². The van der Waals surface area contributed by atoms with Crippen molar-refractivity contribution in [3.8, 4) is 5.75 Å². The molecule has 0 spiro atoms. The van der Waals surface area contributed by atoms with Gasteiger partial charge in [-0.25, -0.2) is 0 Å². The number of amides is 1. The van der Waals surface area contributed by atoms with Crippen LogP contribution in [0, 0.1) is 0 Å². The molecule has 2 aliphatic rings. The summed E-state index contributed by atoms with van der Waals surface area (Å²) in [5.41, 5.74) is 1.70. The number of carbonyl (C=O) groups is 2. The van der Waals surface area contributed by atoms with Crippen LogP contribution in [-0.2, 0) is 14.3 Å². The average molecular weight is 491 g/mol. The highest BCUT2D eigenvalue weighted by Crippen LogP contribution is 2.39. The van der Waals surface area contributed by atoms with Crippen LogP contribution in [0.2, 0.25) is 0 Å². The van der Waals surface area contributed by atoms with Crippen molar-refractivity contribution < 1.29 is 24.2 Å². The Labute approximate surface area is 212 Å². The van der Waals surface area contributed by atoms with Crippen LogP contribution in [0.1, 0.15) is 36.9 Å². The molecule has 0 radical (unpaired) electrons. The molecule has 0 bridgehead atoms. The summed E-state index contributed by atoms with van der Waals surface area (Å²) in [6.45, 7) is 6.61. The first-order valence-electron chi connectivity index (χ1n) is 12.6. The van der Waals surface area contributed by atoms with Crippen LogP contribution < -0.4 is 4.74 Å². The van der Waals surface area contributed by atoms with Gasteiger partial charge in [-0.3, -0.25) is 14.5 Å². The smallest absolute Gasteiger partial charge is 0.290 e. The van der Waals surface area contributed by atoms with Gasteiger partial charge in [0.25, 0.3) is 5.91 Å². The van der Waals surface area contributed by atoms with Crippen molar-refractivity contribution in [2.45, 2.75) is 25.8 Å². The Kier molecular flexibility index (Phi) is 8.92. The normalized spacial score (nSPS) is 18.9. The molecule has 0 aliphatic carbocycles. The highest BCUT2D eigenvalue weighted by molar-refractivity contribution is 6.14. The first kappa shape index (κ1) is 25.7. The quantitative estimate of drug-likeness (QED) is 0.376. The number of benzene rings is 2. The van der Waals surface area contributed by atoms with E-state index in [1.54, 1.807) is 11.0 Å². The molecule has 1 amide bonds. The lowest BCUT2D eigenvalue weighted by Gasteiger charge is -2.31. The molecular weight excluding hydrogens is 456 g/mol. The summed E-state index contributed by atoms with van der Waals surface area (Å²) < 4.78 is 11.3. The van der Waals surface area contributed by atoms with Crippen molar-refractivity contribution in [2.24, 2.45) is 0 Å². The van der Waals surface area contributed by atoms with Gasteiger partial charge in [-0.05, 0) is 35.8 Å². The second-order valence-corrected chi connectivity index (χ2v) is 9.00. The molecule has 1 saturated heterocycles. The molecule has 7 nitrogen and oxygen atoms in total. The maximum atomic E-state index is 13.4. The van der Waals surface area contributed by atoms with Gasteiger partial charge < -0.3 is 19.5 Å². The molecule has 1 N–H and O–H groups in total. The van der Waals surface area contributed by atoms with E-state index in [1.807, 2.05) is 54.6 Å². The lowest BCUT2D eigenvalue weighted by Crippen LogP contribution is -2.43. The molecule has 1 unspecified atom stereocenters. The number of aliphatic hydroxyl groups excluding tert-OH is 1. The lowest BCUT2D eigenvalue weighted by molar-refractivity contribution is -0.129. The molecule has 1 atom stereocenters. The van der Waals surface area contributed by atoms with Crippen LogP contribution in [0.3, 0.4) is 0 Å². The van der Waals surface area contributed by atoms with E-state index in [4.69, 9.17) is 9.47 Å². The van der Waals surface area contributed by atoms with Crippen molar-refractivity contribution in [3.63, 3.8) is 0 Å². The van der Waals surface area contributed by atoms with Gasteiger partial charge in [0, 0.05) is 26.2 Å². The maximum absolute atomic E-state index is 13.4. The van der Waals surface area contributed by atoms with Gasteiger partial charge in [-0.2, -0.15) is 0 Å². The first-order chi connectivity index (χ1) is 17.6. The number of aliphatic hydroxyl groups is 1. The predicted octanol–water partition coefficient (Wildman–Crippen LogP) is 4.18. The molecule has 7 heteroatoms. The van der Waals surface area contributed by atoms with Crippen molar-refractivity contribution in [3.05, 3.63) is 83.1 Å². The Bertz CT molecular complexity index is 1110. The van der Waals surface area contributed by atoms with Gasteiger partial charge in [-0.15, -0.1) is 0 Å². The van der Waals surface area contributed by atoms with Crippen molar-refractivity contribution >= 4 is 17.8 Å². The van der Waals surface area contributed by atoms with Gasteiger partial charge in [0.15, 0.2) is 11.5 Å². The molecule has 2 aromatic rings. The average Bonchev–Trinajstić information content (AvgIpc) is 3.17. The van der Waals surface area contributed by atoms with E-state index in [9.17, 15) is 14.7 Å². The van der Waals surface area contributed by atoms with E-state index in [0.717, 1.165) is 37.1 Å². The summed E-state index contributed by atoms with van der Waals surface area (Å²) in [7, 11) is 0. The summed E-state index contributed by atoms with van der Waals surface area (Å²) in [4.78, 5) is 30.4. The number of ketones is 1. The largest absolute Gasteiger partial charge is 0.503 e. The van der Waals surface area contributed by atoms with Gasteiger partial charge in [-0.1, -0.05) is 61.9 Å². The predicted molar refractivity (Wildman–Crippen MR) is 139 cm³/mol. The number of carbonyl (C=O) groups excluding carboxylic acids is 2. The minimum absolute atomic E-state index is 0.0971. The maximum Gasteiger partial charge on any atom is 0.290 e. The molecule has 2 heterocycles. The number of nitrogens with zero attached hydrogens (tertiary/aromatic N) is 2. The zero-order valence-electron chi connectivity index (χ0n) is 20.8. The van der Waals surface area contributed by atoms with Crippen LogP contribution in [-0.4, -0.2) is 72.6 Å². The van der Waals surface area contributed by atoms with Crippen LogP contribution >= 0.6 is 0 Å². The third-order valence-corrected chi connectivity index (χ3v) is 6.50.